The van der Waals surface area contributed by atoms with E-state index < -0.39 is 54.1 Å². The van der Waals surface area contributed by atoms with E-state index >= 15 is 14.0 Å². The largest absolute Gasteiger partial charge is 0.480 e. The molecule has 0 saturated carbocycles. The Balaban J connectivity index is 0.808. The van der Waals surface area contributed by atoms with E-state index in [1.807, 2.05) is 66.7 Å². The number of benzene rings is 5. The number of ether oxygens (including phenoxy) is 1. The highest BCUT2D eigenvalue weighted by molar-refractivity contribution is 7.22. The lowest BCUT2D eigenvalue weighted by molar-refractivity contribution is -0.160. The minimum atomic E-state index is -1.49. The van der Waals surface area contributed by atoms with Crippen LogP contribution < -0.4 is 25.3 Å². The molecular formula is C60H56ClFN11O9S+. The summed E-state index contributed by atoms with van der Waals surface area (Å²) in [4.78, 5) is 106. The van der Waals surface area contributed by atoms with Crippen LogP contribution in [0.15, 0.2) is 103 Å². The normalized spacial score (nSPS) is 20.8. The monoisotopic (exact) mass is 1160 g/mol. The van der Waals surface area contributed by atoms with E-state index in [4.69, 9.17) is 36.6 Å². The standard InChI is InChI=1S/C60H55ClFN11O9S/c61-42-12-6-14-45-55(42)83-56(67-45)39-10-2-4-16-48(39)82-60(19-22-69(23-20-60)57(79)41-28-49(74)66-44-13-3-1-9-37(41)44)59(81)70-21-7-8-35(32-70)58(80)73-24-17-34(18-25-73)54-53-38(40-27-47-36(26-43(40)62)29-65-72(47)73)11-5-15-46(53)71(68-54)33-51(76)63-30-50(75)64-31-52(77)78/h1-6,9-16,26-27,29,34-35,41H,7-8,17-25,28,30-33H2,(H3-,63,64,66,74,75,76,77,78)/p+1/t34?,35?,41-,73?/m0/s1. The summed E-state index contributed by atoms with van der Waals surface area (Å²) in [6.45, 7) is 0.00519. The lowest BCUT2D eigenvalue weighted by Crippen LogP contribution is -2.69. The number of nitrogens with one attached hydrogen (secondary N) is 3. The van der Waals surface area contributed by atoms with Crippen LogP contribution >= 0.6 is 22.9 Å². The van der Waals surface area contributed by atoms with E-state index in [1.165, 1.54) is 22.1 Å². The smallest absolute Gasteiger partial charge is 0.344 e. The first-order chi connectivity index (χ1) is 40.2. The molecule has 3 fully saturated rings. The van der Waals surface area contributed by atoms with Crippen LogP contribution in [-0.4, -0.2) is 139 Å². The molecule has 3 aromatic heterocycles. The van der Waals surface area contributed by atoms with Crippen LogP contribution in [0, 0.1) is 11.7 Å². The third kappa shape index (κ3) is 9.60. The SMILES string of the molecule is O=C(O)CNC(=O)CNC(=O)Cn1nc2c3c(cccc31)-c1cc3c(cnn3[N+]3(C(=O)C4CCCN(C(=O)C5(Oc6ccccc6-c6nc7cccc(Cl)c7s6)CCN(C(=O)[C@H]6CC(=O)Nc7ccccc76)CC5)C4)CCC2CC3)cc1F. The Kier molecular flexibility index (Phi) is 13.8. The number of nitrogens with zero attached hydrogens (tertiary/aromatic N) is 8. The molecule has 0 spiro atoms. The molecule has 8 aromatic rings. The number of hydrogen-bond donors (Lipinski definition) is 4. The number of thiazole rings is 1. The number of quaternary nitrogens is 1. The number of hydrogen-bond acceptors (Lipinski definition) is 12. The number of aromatic nitrogens is 5. The van der Waals surface area contributed by atoms with Crippen molar-refractivity contribution in [2.24, 2.45) is 5.92 Å². The Hall–Kier alpha value is -8.60. The fourth-order valence-corrected chi connectivity index (χ4v) is 14.4. The first-order valence-corrected chi connectivity index (χ1v) is 29.0. The Bertz CT molecular complexity index is 4010. The van der Waals surface area contributed by atoms with Gasteiger partial charge in [0.25, 0.3) is 5.91 Å². The summed E-state index contributed by atoms with van der Waals surface area (Å²) < 4.78 is 25.9. The van der Waals surface area contributed by atoms with Gasteiger partial charge in [0.2, 0.25) is 23.6 Å². The summed E-state index contributed by atoms with van der Waals surface area (Å²) in [5.41, 5.74) is 3.79. The molecule has 3 saturated heterocycles. The first kappa shape index (κ1) is 53.7. The maximum atomic E-state index is 16.6. The number of carbonyl (C=O) groups excluding carboxylic acids is 6. The van der Waals surface area contributed by atoms with Gasteiger partial charge in [-0.15, -0.1) is 21.0 Å². The van der Waals surface area contributed by atoms with E-state index in [2.05, 4.69) is 16.0 Å². The van der Waals surface area contributed by atoms with Crippen LogP contribution in [0.2, 0.25) is 5.02 Å². The predicted molar refractivity (Wildman–Crippen MR) is 307 cm³/mol. The highest BCUT2D eigenvalue weighted by Gasteiger charge is 2.53. The van der Waals surface area contributed by atoms with Gasteiger partial charge in [0, 0.05) is 86.2 Å². The van der Waals surface area contributed by atoms with Gasteiger partial charge in [0.1, 0.15) is 48.3 Å². The number of fused-ring (bicyclic) bond motifs is 4. The predicted octanol–water partition coefficient (Wildman–Crippen LogP) is 7.10. The zero-order valence-electron chi connectivity index (χ0n) is 44.8. The molecule has 4 bridgehead atoms. The van der Waals surface area contributed by atoms with Crippen LogP contribution in [-0.2, 0) is 40.1 Å². The van der Waals surface area contributed by atoms with Crippen molar-refractivity contribution >= 4 is 102 Å². The number of para-hydroxylation sites is 2. The van der Waals surface area contributed by atoms with Crippen LogP contribution in [0.3, 0.4) is 0 Å². The Morgan fingerprint density at radius 3 is 2.41 bits per heavy atom. The molecule has 2 atom stereocenters. The fraction of sp³-hybridized carbons (Fsp3) is 0.333. The zero-order valence-corrected chi connectivity index (χ0v) is 46.4. The maximum Gasteiger partial charge on any atom is 0.344 e. The number of carboxylic acid groups (broad SMARTS) is 1. The quantitative estimate of drug-likeness (QED) is 0.0896. The van der Waals surface area contributed by atoms with Gasteiger partial charge in [0.05, 0.1) is 56.6 Å². The molecule has 83 heavy (non-hydrogen) atoms. The van der Waals surface area contributed by atoms with Gasteiger partial charge in [-0.05, 0) is 72.5 Å². The number of rotatable bonds is 12. The van der Waals surface area contributed by atoms with Crippen molar-refractivity contribution in [3.63, 3.8) is 0 Å². The van der Waals surface area contributed by atoms with Gasteiger partial charge in [-0.3, -0.25) is 33.4 Å². The molecule has 0 aliphatic carbocycles. The molecule has 0 radical (unpaired) electrons. The summed E-state index contributed by atoms with van der Waals surface area (Å²) in [5.74, 6) is -5.02. The molecule has 424 valence electrons. The molecule has 14 rings (SSSR count). The summed E-state index contributed by atoms with van der Waals surface area (Å²) in [6, 6.07) is 28.8. The van der Waals surface area contributed by atoms with Crippen LogP contribution in [0.4, 0.5) is 10.1 Å². The van der Waals surface area contributed by atoms with Gasteiger partial charge >= 0.3 is 11.9 Å². The molecule has 6 aliphatic rings. The third-order valence-electron chi connectivity index (χ3n) is 17.2. The number of halogens is 2. The lowest BCUT2D eigenvalue weighted by atomic mass is 9.85. The van der Waals surface area contributed by atoms with Crippen molar-refractivity contribution in [2.75, 3.05) is 57.7 Å². The Labute approximate surface area is 482 Å². The Morgan fingerprint density at radius 2 is 1.60 bits per heavy atom. The van der Waals surface area contributed by atoms with Crippen LogP contribution in [0.5, 0.6) is 5.75 Å². The summed E-state index contributed by atoms with van der Waals surface area (Å²) in [5, 5.41) is 28.9. The topological polar surface area (TPSA) is 240 Å². The van der Waals surface area contributed by atoms with Crippen molar-refractivity contribution in [1.82, 2.24) is 49.7 Å². The highest BCUT2D eigenvalue weighted by Crippen LogP contribution is 2.45. The molecular weight excluding hydrogens is 1110 g/mol. The van der Waals surface area contributed by atoms with E-state index in [0.717, 1.165) is 15.8 Å². The van der Waals surface area contributed by atoms with Gasteiger partial charge < -0.3 is 35.6 Å². The van der Waals surface area contributed by atoms with E-state index in [-0.39, 0.29) is 98.2 Å². The van der Waals surface area contributed by atoms with Crippen molar-refractivity contribution in [3.8, 4) is 27.4 Å². The molecule has 6 amide bonds. The van der Waals surface area contributed by atoms with Gasteiger partial charge in [-0.25, -0.2) is 14.2 Å². The number of piperidine rings is 3. The summed E-state index contributed by atoms with van der Waals surface area (Å²) >= 11 is 8.06. The van der Waals surface area contributed by atoms with Crippen molar-refractivity contribution in [2.45, 2.75) is 68.9 Å². The highest BCUT2D eigenvalue weighted by atomic mass is 35.5. The van der Waals surface area contributed by atoms with Gasteiger partial charge in [-0.1, -0.05) is 64.9 Å². The van der Waals surface area contributed by atoms with Crippen LogP contribution in [0.25, 0.3) is 53.7 Å². The molecule has 20 nitrogen and oxygen atoms in total. The molecule has 1 unspecified atom stereocenters. The van der Waals surface area contributed by atoms with Crippen molar-refractivity contribution < 1.29 is 47.8 Å². The fourth-order valence-electron chi connectivity index (χ4n) is 13.1. The van der Waals surface area contributed by atoms with Crippen molar-refractivity contribution in [1.29, 1.82) is 0 Å². The number of amides is 6. The zero-order chi connectivity index (χ0) is 57.3. The Morgan fingerprint density at radius 1 is 0.843 bits per heavy atom. The van der Waals surface area contributed by atoms with E-state index in [9.17, 15) is 24.0 Å². The van der Waals surface area contributed by atoms with Crippen LogP contribution in [0.1, 0.15) is 68.0 Å². The second-order valence-electron chi connectivity index (χ2n) is 22.1. The van der Waals surface area contributed by atoms with Crippen molar-refractivity contribution in [3.05, 3.63) is 125 Å². The molecule has 6 aliphatic heterocycles. The number of aliphatic carboxylic acids is 1. The minimum absolute atomic E-state index is 0.00510. The molecule has 4 N–H and O–H groups in total. The van der Waals surface area contributed by atoms with E-state index in [1.54, 1.807) is 45.1 Å². The summed E-state index contributed by atoms with van der Waals surface area (Å²) in [7, 11) is 0. The van der Waals surface area contributed by atoms with Gasteiger partial charge in [0.15, 0.2) is 5.60 Å². The molecule has 9 heterocycles. The average Bonchev–Trinajstić information content (AvgIpc) is 2.20. The number of carbonyl (C=O) groups is 7. The molecule has 23 heteroatoms. The number of carboxylic acids is 1. The van der Waals surface area contributed by atoms with E-state index in [0.29, 0.717) is 92.3 Å². The average molecular weight is 1160 g/mol. The maximum absolute atomic E-state index is 16.6. The summed E-state index contributed by atoms with van der Waals surface area (Å²) in [6.07, 6.45) is 3.73. The molecule has 5 aromatic carbocycles. The third-order valence-corrected chi connectivity index (χ3v) is 18.7. The number of anilines is 1. The number of likely N-dealkylation sites (tertiary alicyclic amines) is 2. The van der Waals surface area contributed by atoms with Gasteiger partial charge in [-0.2, -0.15) is 5.10 Å². The lowest BCUT2D eigenvalue weighted by Gasteiger charge is -2.46. The minimum Gasteiger partial charge on any atom is -0.480 e. The second-order valence-corrected chi connectivity index (χ2v) is 23.5. The first-order valence-electron chi connectivity index (χ1n) is 27.8. The second kappa shape index (κ2) is 21.3.